The van der Waals surface area contributed by atoms with Crippen molar-refractivity contribution in [3.05, 3.63) is 36.5 Å². The Morgan fingerprint density at radius 3 is 0.897 bits per heavy atom. The predicted molar refractivity (Wildman–Crippen MR) is 293 cm³/mol. The fraction of sp³-hybridized carbons (Fsp3) is 0.855. The van der Waals surface area contributed by atoms with Gasteiger partial charge in [0.25, 0.3) is 0 Å². The number of carbonyl (C=O) groups excluding carboxylic acids is 3. The lowest BCUT2D eigenvalue weighted by Crippen LogP contribution is -2.30. The van der Waals surface area contributed by atoms with E-state index in [1.54, 1.807) is 0 Å². The Morgan fingerprint density at radius 2 is 0.574 bits per heavy atom. The summed E-state index contributed by atoms with van der Waals surface area (Å²) in [6.07, 6.45) is 68.7. The molecule has 0 heterocycles. The summed E-state index contributed by atoms with van der Waals surface area (Å²) in [6, 6.07) is 0. The third kappa shape index (κ3) is 54.6. The maximum Gasteiger partial charge on any atom is 0.306 e. The third-order valence-corrected chi connectivity index (χ3v) is 13.4. The quantitative estimate of drug-likeness (QED) is 0.0262. The zero-order valence-electron chi connectivity index (χ0n) is 45.6. The van der Waals surface area contributed by atoms with Crippen LogP contribution in [0.25, 0.3) is 0 Å². The first-order valence-corrected chi connectivity index (χ1v) is 30.0. The summed E-state index contributed by atoms with van der Waals surface area (Å²) in [7, 11) is 0. The van der Waals surface area contributed by atoms with E-state index in [1.807, 2.05) is 0 Å². The van der Waals surface area contributed by atoms with E-state index in [0.29, 0.717) is 19.3 Å². The molecule has 68 heavy (non-hydrogen) atoms. The highest BCUT2D eigenvalue weighted by atomic mass is 16.6. The second-order valence-corrected chi connectivity index (χ2v) is 20.2. The number of unbranched alkanes of at least 4 members (excludes halogenated alkanes) is 38. The molecule has 0 spiro atoms. The van der Waals surface area contributed by atoms with Crippen LogP contribution in [-0.4, -0.2) is 37.2 Å². The maximum absolute atomic E-state index is 12.8. The average Bonchev–Trinajstić information content (AvgIpc) is 3.34. The summed E-state index contributed by atoms with van der Waals surface area (Å²) in [4.78, 5) is 38.1. The van der Waals surface area contributed by atoms with Gasteiger partial charge in [-0.25, -0.2) is 0 Å². The standard InChI is InChI=1S/C62H114O6/c1-4-7-10-13-16-19-22-25-27-28-29-30-31-32-33-34-35-38-40-43-46-49-52-55-61(64)67-58-59(57-66-60(63)54-51-48-45-42-39-36-24-21-18-15-12-9-6-3)68-62(65)56-53-50-47-44-41-37-26-23-20-17-14-11-8-5-2/h9,12,18,21,36,39,59H,4-8,10-11,13-17,19-20,22-35,37-38,40-58H2,1-3H3/b12-9-,21-18-,39-36-. The summed E-state index contributed by atoms with van der Waals surface area (Å²) in [6.45, 7) is 6.55. The minimum atomic E-state index is -0.779. The molecule has 0 radical (unpaired) electrons. The van der Waals surface area contributed by atoms with Gasteiger partial charge in [-0.1, -0.05) is 288 Å². The monoisotopic (exact) mass is 955 g/mol. The van der Waals surface area contributed by atoms with E-state index in [-0.39, 0.29) is 31.1 Å². The number of rotatable bonds is 55. The minimum absolute atomic E-state index is 0.0765. The van der Waals surface area contributed by atoms with Gasteiger partial charge in [0, 0.05) is 19.3 Å². The van der Waals surface area contributed by atoms with Crippen molar-refractivity contribution in [2.75, 3.05) is 13.2 Å². The molecule has 0 bridgehead atoms. The van der Waals surface area contributed by atoms with Crippen molar-refractivity contribution in [3.8, 4) is 0 Å². The lowest BCUT2D eigenvalue weighted by atomic mass is 10.0. The van der Waals surface area contributed by atoms with Gasteiger partial charge in [0.05, 0.1) is 0 Å². The van der Waals surface area contributed by atoms with Crippen LogP contribution < -0.4 is 0 Å². The predicted octanol–water partition coefficient (Wildman–Crippen LogP) is 20.0. The van der Waals surface area contributed by atoms with Crippen LogP contribution >= 0.6 is 0 Å². The van der Waals surface area contributed by atoms with Crippen molar-refractivity contribution in [2.45, 2.75) is 329 Å². The summed E-state index contributed by atoms with van der Waals surface area (Å²) < 4.78 is 16.9. The Balaban J connectivity index is 4.25. The van der Waals surface area contributed by atoms with E-state index < -0.39 is 6.10 Å². The second kappa shape index (κ2) is 57.2. The number of hydrogen-bond donors (Lipinski definition) is 0. The van der Waals surface area contributed by atoms with Crippen molar-refractivity contribution in [1.29, 1.82) is 0 Å². The van der Waals surface area contributed by atoms with Crippen molar-refractivity contribution in [3.63, 3.8) is 0 Å². The third-order valence-electron chi connectivity index (χ3n) is 13.4. The van der Waals surface area contributed by atoms with Crippen LogP contribution in [0.4, 0.5) is 0 Å². The Labute approximate surface area is 423 Å². The summed E-state index contributed by atoms with van der Waals surface area (Å²) >= 11 is 0. The number of esters is 3. The molecule has 0 aliphatic heterocycles. The largest absolute Gasteiger partial charge is 0.462 e. The van der Waals surface area contributed by atoms with Crippen molar-refractivity contribution < 1.29 is 28.6 Å². The first-order valence-electron chi connectivity index (χ1n) is 30.0. The Hall–Kier alpha value is -2.37. The molecule has 0 aromatic heterocycles. The first kappa shape index (κ1) is 65.6. The van der Waals surface area contributed by atoms with E-state index in [9.17, 15) is 14.4 Å². The summed E-state index contributed by atoms with van der Waals surface area (Å²) in [5.41, 5.74) is 0. The topological polar surface area (TPSA) is 78.9 Å². The molecule has 0 saturated carbocycles. The van der Waals surface area contributed by atoms with Crippen LogP contribution in [0.1, 0.15) is 323 Å². The van der Waals surface area contributed by atoms with Gasteiger partial charge < -0.3 is 14.2 Å². The number of hydrogen-bond acceptors (Lipinski definition) is 6. The smallest absolute Gasteiger partial charge is 0.306 e. The Morgan fingerprint density at radius 1 is 0.309 bits per heavy atom. The second-order valence-electron chi connectivity index (χ2n) is 20.2. The van der Waals surface area contributed by atoms with Gasteiger partial charge in [-0.15, -0.1) is 0 Å². The number of allylic oxidation sites excluding steroid dienone is 6. The lowest BCUT2D eigenvalue weighted by molar-refractivity contribution is -0.167. The average molecular weight is 956 g/mol. The fourth-order valence-corrected chi connectivity index (χ4v) is 8.93. The molecule has 0 N–H and O–H groups in total. The Bertz CT molecular complexity index is 1140. The molecule has 6 nitrogen and oxygen atoms in total. The van der Waals surface area contributed by atoms with E-state index in [2.05, 4.69) is 57.2 Å². The van der Waals surface area contributed by atoms with Gasteiger partial charge in [-0.3, -0.25) is 14.4 Å². The molecule has 0 aliphatic rings. The summed E-state index contributed by atoms with van der Waals surface area (Å²) in [5, 5.41) is 0. The molecule has 0 rings (SSSR count). The fourth-order valence-electron chi connectivity index (χ4n) is 8.93. The first-order chi connectivity index (χ1) is 33.5. The maximum atomic E-state index is 12.8. The van der Waals surface area contributed by atoms with Crippen molar-refractivity contribution in [2.24, 2.45) is 0 Å². The molecule has 1 unspecified atom stereocenters. The molecule has 0 amide bonds. The van der Waals surface area contributed by atoms with Crippen LogP contribution in [0.5, 0.6) is 0 Å². The van der Waals surface area contributed by atoms with Gasteiger partial charge in [0.2, 0.25) is 0 Å². The summed E-state index contributed by atoms with van der Waals surface area (Å²) in [5.74, 6) is -0.887. The van der Waals surface area contributed by atoms with E-state index in [1.165, 1.54) is 199 Å². The van der Waals surface area contributed by atoms with E-state index >= 15 is 0 Å². The molecule has 0 aromatic carbocycles. The van der Waals surface area contributed by atoms with Gasteiger partial charge in [0.15, 0.2) is 6.10 Å². The van der Waals surface area contributed by atoms with Crippen molar-refractivity contribution in [1.82, 2.24) is 0 Å². The molecular weight excluding hydrogens is 841 g/mol. The zero-order chi connectivity index (χ0) is 49.3. The molecule has 0 aromatic rings. The molecule has 1 atom stereocenters. The zero-order valence-corrected chi connectivity index (χ0v) is 45.6. The van der Waals surface area contributed by atoms with Gasteiger partial charge >= 0.3 is 17.9 Å². The highest BCUT2D eigenvalue weighted by molar-refractivity contribution is 5.71. The van der Waals surface area contributed by atoms with Gasteiger partial charge in [-0.05, 0) is 51.4 Å². The normalized spacial score (nSPS) is 12.2. The van der Waals surface area contributed by atoms with Crippen LogP contribution in [0.15, 0.2) is 36.5 Å². The van der Waals surface area contributed by atoms with E-state index in [4.69, 9.17) is 14.2 Å². The number of ether oxygens (including phenoxy) is 3. The number of carbonyl (C=O) groups is 3. The highest BCUT2D eigenvalue weighted by Crippen LogP contribution is 2.17. The SMILES string of the molecule is CC/C=C\C/C=C\C/C=C\CCCCCC(=O)OCC(COC(=O)CCCCCCCCCCCCCCCCCCCCCCCCC)OC(=O)CCCCCCCCCCCCCCCC. The molecule has 0 fully saturated rings. The lowest BCUT2D eigenvalue weighted by Gasteiger charge is -2.18. The Kier molecular flexibility index (Phi) is 55.2. The van der Waals surface area contributed by atoms with Crippen LogP contribution in [-0.2, 0) is 28.6 Å². The molecule has 0 aliphatic carbocycles. The van der Waals surface area contributed by atoms with E-state index in [0.717, 1.165) is 83.5 Å². The minimum Gasteiger partial charge on any atom is -0.462 e. The van der Waals surface area contributed by atoms with Gasteiger partial charge in [0.1, 0.15) is 13.2 Å². The molecule has 6 heteroatoms. The van der Waals surface area contributed by atoms with Crippen LogP contribution in [0, 0.1) is 0 Å². The molecule has 0 saturated heterocycles. The van der Waals surface area contributed by atoms with Crippen molar-refractivity contribution >= 4 is 17.9 Å². The van der Waals surface area contributed by atoms with Crippen LogP contribution in [0.2, 0.25) is 0 Å². The molecule has 398 valence electrons. The molecular formula is C62H114O6. The highest BCUT2D eigenvalue weighted by Gasteiger charge is 2.19. The van der Waals surface area contributed by atoms with Gasteiger partial charge in [-0.2, -0.15) is 0 Å². The van der Waals surface area contributed by atoms with Crippen LogP contribution in [0.3, 0.4) is 0 Å².